The number of carbonyl (C=O) groups is 1. The lowest BCUT2D eigenvalue weighted by Gasteiger charge is -2.52. The van der Waals surface area contributed by atoms with Crippen molar-refractivity contribution < 1.29 is 18.4 Å². The highest BCUT2D eigenvalue weighted by Gasteiger charge is 2.51. The maximum Gasteiger partial charge on any atom is 0.332 e. The number of hydrogen-bond acceptors (Lipinski definition) is 4. The summed E-state index contributed by atoms with van der Waals surface area (Å²) >= 11 is 1.65. The van der Waals surface area contributed by atoms with E-state index in [9.17, 15) is 9.18 Å². The summed E-state index contributed by atoms with van der Waals surface area (Å²) in [5.41, 5.74) is 0.0834. The van der Waals surface area contributed by atoms with Crippen LogP contribution in [0.15, 0.2) is 41.8 Å². The fraction of sp³-hybridized carbons (Fsp3) is 0.593. The third kappa shape index (κ3) is 4.50. The van der Waals surface area contributed by atoms with Gasteiger partial charge in [-0.1, -0.05) is 30.7 Å². The van der Waals surface area contributed by atoms with Crippen LogP contribution < -0.4 is 0 Å². The van der Waals surface area contributed by atoms with Crippen molar-refractivity contribution in [2.24, 2.45) is 5.92 Å². The van der Waals surface area contributed by atoms with Gasteiger partial charge in [0, 0.05) is 30.1 Å². The van der Waals surface area contributed by atoms with Gasteiger partial charge in [0.25, 0.3) is 0 Å². The first-order chi connectivity index (χ1) is 16.0. The van der Waals surface area contributed by atoms with Gasteiger partial charge in [-0.15, -0.1) is 11.3 Å². The second kappa shape index (κ2) is 9.47. The van der Waals surface area contributed by atoms with Crippen molar-refractivity contribution in [1.29, 1.82) is 0 Å². The standard InChI is InChI=1S/C27H36FN2O2S/c1-27(25-10-7-19-33-25,29-14-5-2-6-15-29)26(31)32-24-20-30(17-12-22(24)13-18-30)16-11-21-8-3-4-9-23(21)28/h3-4,7-10,19,22,24H,2,5-6,11-18,20H2,1H3/q+1/t22?,24-,27?,30?/m0/s1. The first-order valence-corrected chi connectivity index (χ1v) is 13.5. The van der Waals surface area contributed by atoms with Crippen LogP contribution in [0, 0.1) is 11.7 Å². The van der Waals surface area contributed by atoms with E-state index < -0.39 is 5.54 Å². The molecule has 6 rings (SSSR count). The smallest absolute Gasteiger partial charge is 0.332 e. The molecule has 4 aliphatic heterocycles. The Hall–Kier alpha value is -1.76. The predicted octanol–water partition coefficient (Wildman–Crippen LogP) is 4.98. The van der Waals surface area contributed by atoms with Crippen molar-refractivity contribution in [3.05, 3.63) is 58.0 Å². The SMILES string of the molecule is CC(C(=O)O[C@H]1C[N+]2(CCc3ccccc3F)CCC1CC2)(c1cccs1)N1CCCCC1. The molecule has 2 atom stereocenters. The number of nitrogens with zero attached hydrogens (tertiary/aromatic N) is 2. The Labute approximate surface area is 200 Å². The molecule has 0 radical (unpaired) electrons. The van der Waals surface area contributed by atoms with E-state index in [-0.39, 0.29) is 17.9 Å². The topological polar surface area (TPSA) is 29.5 Å². The van der Waals surface area contributed by atoms with Crippen LogP contribution in [0.1, 0.15) is 49.5 Å². The number of hydrogen-bond donors (Lipinski definition) is 0. The molecule has 1 aromatic heterocycles. The van der Waals surface area contributed by atoms with Gasteiger partial charge in [-0.3, -0.25) is 4.90 Å². The zero-order valence-corrected chi connectivity index (χ0v) is 20.5. The first-order valence-electron chi connectivity index (χ1n) is 12.6. The van der Waals surface area contributed by atoms with Crippen LogP contribution in [-0.2, 0) is 21.5 Å². The molecular formula is C27H36FN2O2S+. The van der Waals surface area contributed by atoms with E-state index in [2.05, 4.69) is 23.3 Å². The Morgan fingerprint density at radius 2 is 1.91 bits per heavy atom. The molecule has 4 fully saturated rings. The number of benzene rings is 1. The number of likely N-dealkylation sites (tertiary alicyclic amines) is 1. The minimum absolute atomic E-state index is 0.0373. The minimum Gasteiger partial charge on any atom is -0.454 e. The van der Waals surface area contributed by atoms with Crippen LogP contribution in [0.25, 0.3) is 0 Å². The predicted molar refractivity (Wildman–Crippen MR) is 130 cm³/mol. The summed E-state index contributed by atoms with van der Waals surface area (Å²) in [5.74, 6) is 0.257. The molecule has 2 aromatic rings. The van der Waals surface area contributed by atoms with Crippen LogP contribution in [-0.4, -0.2) is 60.7 Å². The Kier molecular flexibility index (Phi) is 6.60. The molecule has 0 aliphatic carbocycles. The number of carbonyl (C=O) groups excluding carboxylic acids is 1. The van der Waals surface area contributed by atoms with Crippen LogP contribution in [0.4, 0.5) is 4.39 Å². The van der Waals surface area contributed by atoms with E-state index in [0.29, 0.717) is 5.92 Å². The van der Waals surface area contributed by atoms with Gasteiger partial charge in [0.15, 0.2) is 11.6 Å². The Morgan fingerprint density at radius 1 is 1.15 bits per heavy atom. The zero-order valence-electron chi connectivity index (χ0n) is 19.7. The Morgan fingerprint density at radius 3 is 2.61 bits per heavy atom. The number of thiophene rings is 1. The summed E-state index contributed by atoms with van der Waals surface area (Å²) in [7, 11) is 0. The molecule has 6 heteroatoms. The van der Waals surface area contributed by atoms with Crippen molar-refractivity contribution in [3.63, 3.8) is 0 Å². The summed E-state index contributed by atoms with van der Waals surface area (Å²) in [6.45, 7) is 7.96. The van der Waals surface area contributed by atoms with Gasteiger partial charge < -0.3 is 9.22 Å². The summed E-state index contributed by atoms with van der Waals surface area (Å²) in [4.78, 5) is 17.2. The number of fused-ring (bicyclic) bond motifs is 3. The van der Waals surface area contributed by atoms with Crippen LogP contribution in [0.5, 0.6) is 0 Å². The van der Waals surface area contributed by atoms with Crippen molar-refractivity contribution in [2.45, 2.75) is 57.1 Å². The molecule has 2 bridgehead atoms. The van der Waals surface area contributed by atoms with Crippen LogP contribution in [0.2, 0.25) is 0 Å². The lowest BCUT2D eigenvalue weighted by molar-refractivity contribution is -0.946. The highest BCUT2D eigenvalue weighted by Crippen LogP contribution is 2.40. The summed E-state index contributed by atoms with van der Waals surface area (Å²) in [6, 6.07) is 11.2. The number of halogens is 1. The normalized spacial score (nSPS) is 29.5. The molecule has 0 saturated carbocycles. The van der Waals surface area contributed by atoms with Gasteiger partial charge >= 0.3 is 5.97 Å². The zero-order chi connectivity index (χ0) is 22.9. The first kappa shape index (κ1) is 23.0. The van der Waals surface area contributed by atoms with E-state index >= 15 is 0 Å². The van der Waals surface area contributed by atoms with Gasteiger partial charge in [-0.2, -0.15) is 0 Å². The Balaban J connectivity index is 1.31. The molecule has 5 heterocycles. The van der Waals surface area contributed by atoms with E-state index in [0.717, 1.165) is 86.3 Å². The molecule has 1 unspecified atom stereocenters. The van der Waals surface area contributed by atoms with Crippen molar-refractivity contribution in [2.75, 3.05) is 39.3 Å². The third-order valence-electron chi connectivity index (χ3n) is 8.50. The highest BCUT2D eigenvalue weighted by molar-refractivity contribution is 7.10. The second-order valence-electron chi connectivity index (χ2n) is 10.4. The maximum atomic E-state index is 14.2. The van der Waals surface area contributed by atoms with E-state index in [1.165, 1.54) is 6.42 Å². The molecule has 0 N–H and O–H groups in total. The molecule has 178 valence electrons. The number of piperidine rings is 4. The molecule has 4 aliphatic rings. The summed E-state index contributed by atoms with van der Waals surface area (Å²) in [5, 5.41) is 2.06. The molecule has 1 aromatic carbocycles. The van der Waals surface area contributed by atoms with Crippen molar-refractivity contribution in [1.82, 2.24) is 4.90 Å². The molecule has 4 saturated heterocycles. The van der Waals surface area contributed by atoms with Crippen molar-refractivity contribution in [3.8, 4) is 0 Å². The van der Waals surface area contributed by atoms with Gasteiger partial charge in [0.05, 0.1) is 19.6 Å². The van der Waals surface area contributed by atoms with Crippen LogP contribution >= 0.6 is 11.3 Å². The largest absolute Gasteiger partial charge is 0.454 e. The summed E-state index contributed by atoms with van der Waals surface area (Å²) in [6.07, 6.45) is 6.39. The third-order valence-corrected chi connectivity index (χ3v) is 9.58. The fourth-order valence-corrected chi connectivity index (χ4v) is 7.17. The number of rotatable bonds is 7. The second-order valence-corrected chi connectivity index (χ2v) is 11.4. The number of ether oxygens (including phenoxy) is 1. The van der Waals surface area contributed by atoms with Crippen molar-refractivity contribution >= 4 is 17.3 Å². The summed E-state index contributed by atoms with van der Waals surface area (Å²) < 4.78 is 21.5. The van der Waals surface area contributed by atoms with Gasteiger partial charge in [-0.05, 0) is 55.9 Å². The number of quaternary nitrogens is 1. The van der Waals surface area contributed by atoms with Gasteiger partial charge in [-0.25, -0.2) is 9.18 Å². The van der Waals surface area contributed by atoms with E-state index in [1.807, 2.05) is 18.2 Å². The molecular weight excluding hydrogens is 435 g/mol. The quantitative estimate of drug-likeness (QED) is 0.421. The lowest BCUT2D eigenvalue weighted by Crippen LogP contribution is -2.65. The van der Waals surface area contributed by atoms with Crippen LogP contribution in [0.3, 0.4) is 0 Å². The maximum absolute atomic E-state index is 14.2. The lowest BCUT2D eigenvalue weighted by atomic mass is 9.82. The molecule has 0 amide bonds. The highest BCUT2D eigenvalue weighted by atomic mass is 32.1. The Bertz CT molecular complexity index is 951. The average molecular weight is 472 g/mol. The van der Waals surface area contributed by atoms with E-state index in [1.54, 1.807) is 23.5 Å². The number of esters is 1. The molecule has 0 spiro atoms. The fourth-order valence-electron chi connectivity index (χ4n) is 6.26. The molecule has 4 nitrogen and oxygen atoms in total. The van der Waals surface area contributed by atoms with E-state index in [4.69, 9.17) is 4.74 Å². The molecule has 33 heavy (non-hydrogen) atoms. The average Bonchev–Trinajstić information content (AvgIpc) is 3.40. The van der Waals surface area contributed by atoms with Gasteiger partial charge in [0.2, 0.25) is 0 Å². The minimum atomic E-state index is -0.710. The monoisotopic (exact) mass is 471 g/mol. The van der Waals surface area contributed by atoms with Gasteiger partial charge in [0.1, 0.15) is 12.4 Å².